The Morgan fingerprint density at radius 2 is 2.23 bits per heavy atom. The first-order valence-corrected chi connectivity index (χ1v) is 4.20. The maximum absolute atomic E-state index is 9.58. The molecule has 1 aromatic heterocycles. The molecule has 1 rings (SSSR count). The van der Waals surface area contributed by atoms with Crippen molar-refractivity contribution in [2.45, 2.75) is 32.4 Å². The summed E-state index contributed by atoms with van der Waals surface area (Å²) in [6.07, 6.45) is 1.64. The molecule has 0 fully saturated rings. The maximum atomic E-state index is 9.58. The maximum Gasteiger partial charge on any atom is 0.114 e. The van der Waals surface area contributed by atoms with Crippen LogP contribution < -0.4 is 0 Å². The molecular weight excluding hydrogens is 170 g/mol. The zero-order valence-electron chi connectivity index (χ0n) is 8.10. The molecule has 0 spiro atoms. The SMILES string of the molecule is CC(CO)n1cc(C(C)(C)O)nn1. The number of aliphatic hydroxyl groups excluding tert-OH is 1. The van der Waals surface area contributed by atoms with Gasteiger partial charge in [0.05, 0.1) is 18.8 Å². The summed E-state index contributed by atoms with van der Waals surface area (Å²) in [5.41, 5.74) is -0.472. The molecule has 1 aromatic rings. The quantitative estimate of drug-likeness (QED) is 0.698. The van der Waals surface area contributed by atoms with Crippen LogP contribution in [-0.4, -0.2) is 31.8 Å². The van der Waals surface area contributed by atoms with Crippen LogP contribution in [0.4, 0.5) is 0 Å². The molecule has 0 aliphatic rings. The van der Waals surface area contributed by atoms with Crippen molar-refractivity contribution in [2.75, 3.05) is 6.61 Å². The third kappa shape index (κ3) is 2.26. The summed E-state index contributed by atoms with van der Waals surface area (Å²) in [5.74, 6) is 0. The van der Waals surface area contributed by atoms with E-state index in [4.69, 9.17) is 5.11 Å². The molecule has 74 valence electrons. The molecular formula is C8H15N3O2. The van der Waals surface area contributed by atoms with Crippen LogP contribution in [0.2, 0.25) is 0 Å². The number of nitrogens with zero attached hydrogens (tertiary/aromatic N) is 3. The van der Waals surface area contributed by atoms with Crippen molar-refractivity contribution >= 4 is 0 Å². The van der Waals surface area contributed by atoms with Gasteiger partial charge in [0.25, 0.3) is 0 Å². The first kappa shape index (κ1) is 10.1. The Hall–Kier alpha value is -0.940. The molecule has 5 heteroatoms. The first-order valence-electron chi connectivity index (χ1n) is 4.20. The third-order valence-corrected chi connectivity index (χ3v) is 1.85. The highest BCUT2D eigenvalue weighted by Crippen LogP contribution is 2.16. The van der Waals surface area contributed by atoms with E-state index >= 15 is 0 Å². The molecule has 0 radical (unpaired) electrons. The number of aromatic nitrogens is 3. The third-order valence-electron chi connectivity index (χ3n) is 1.85. The molecule has 0 aliphatic carbocycles. The van der Waals surface area contributed by atoms with Gasteiger partial charge in [-0.15, -0.1) is 5.10 Å². The fraction of sp³-hybridized carbons (Fsp3) is 0.750. The Bertz CT molecular complexity index is 277. The van der Waals surface area contributed by atoms with Gasteiger partial charge in [0.1, 0.15) is 11.3 Å². The Morgan fingerprint density at radius 1 is 1.62 bits per heavy atom. The van der Waals surface area contributed by atoms with Gasteiger partial charge >= 0.3 is 0 Å². The highest BCUT2D eigenvalue weighted by atomic mass is 16.3. The van der Waals surface area contributed by atoms with Gasteiger partial charge in [-0.05, 0) is 20.8 Å². The predicted molar refractivity (Wildman–Crippen MR) is 47.1 cm³/mol. The van der Waals surface area contributed by atoms with Crippen molar-refractivity contribution < 1.29 is 10.2 Å². The lowest BCUT2D eigenvalue weighted by molar-refractivity contribution is 0.0736. The Balaban J connectivity index is 2.87. The van der Waals surface area contributed by atoms with E-state index < -0.39 is 5.60 Å². The van der Waals surface area contributed by atoms with Crippen LogP contribution >= 0.6 is 0 Å². The van der Waals surface area contributed by atoms with Crippen LogP contribution in [0.1, 0.15) is 32.5 Å². The second-order valence-electron chi connectivity index (χ2n) is 3.67. The van der Waals surface area contributed by atoms with E-state index in [1.54, 1.807) is 20.0 Å². The molecule has 0 saturated heterocycles. The average molecular weight is 185 g/mol. The summed E-state index contributed by atoms with van der Waals surface area (Å²) in [7, 11) is 0. The lowest BCUT2D eigenvalue weighted by Gasteiger charge is -2.12. The lowest BCUT2D eigenvalue weighted by atomic mass is 10.1. The standard InChI is InChI=1S/C8H15N3O2/c1-6(5-12)11-4-7(9-10-11)8(2,3)13/h4,6,12-13H,5H2,1-3H3. The van der Waals surface area contributed by atoms with E-state index in [-0.39, 0.29) is 12.6 Å². The minimum Gasteiger partial charge on any atom is -0.394 e. The summed E-state index contributed by atoms with van der Waals surface area (Å²) in [4.78, 5) is 0. The molecule has 1 heterocycles. The van der Waals surface area contributed by atoms with E-state index in [9.17, 15) is 5.11 Å². The van der Waals surface area contributed by atoms with E-state index in [0.717, 1.165) is 0 Å². The van der Waals surface area contributed by atoms with Gasteiger partial charge in [0.2, 0.25) is 0 Å². The molecule has 0 saturated carbocycles. The van der Waals surface area contributed by atoms with Gasteiger partial charge < -0.3 is 10.2 Å². The smallest absolute Gasteiger partial charge is 0.114 e. The normalized spacial score (nSPS) is 14.5. The zero-order chi connectivity index (χ0) is 10.1. The first-order chi connectivity index (χ1) is 5.95. The van der Waals surface area contributed by atoms with Gasteiger partial charge in [-0.3, -0.25) is 0 Å². The molecule has 1 unspecified atom stereocenters. The second kappa shape index (κ2) is 3.43. The van der Waals surface area contributed by atoms with Crippen molar-refractivity contribution in [3.8, 4) is 0 Å². The van der Waals surface area contributed by atoms with Gasteiger partial charge in [-0.2, -0.15) is 0 Å². The Kier molecular flexibility index (Phi) is 2.68. The largest absolute Gasteiger partial charge is 0.394 e. The Labute approximate surface area is 77.0 Å². The van der Waals surface area contributed by atoms with Gasteiger partial charge in [0, 0.05) is 0 Å². The molecule has 2 N–H and O–H groups in total. The summed E-state index contributed by atoms with van der Waals surface area (Å²) in [6.45, 7) is 5.12. The minimum atomic E-state index is -0.979. The molecule has 5 nitrogen and oxygen atoms in total. The Morgan fingerprint density at radius 3 is 2.62 bits per heavy atom. The van der Waals surface area contributed by atoms with E-state index in [1.165, 1.54) is 4.68 Å². The second-order valence-corrected chi connectivity index (χ2v) is 3.67. The van der Waals surface area contributed by atoms with Crippen molar-refractivity contribution in [2.24, 2.45) is 0 Å². The van der Waals surface area contributed by atoms with Crippen LogP contribution in [0.3, 0.4) is 0 Å². The van der Waals surface area contributed by atoms with Crippen LogP contribution in [-0.2, 0) is 5.60 Å². The molecule has 0 aromatic carbocycles. The number of hydrogen-bond donors (Lipinski definition) is 2. The summed E-state index contributed by atoms with van der Waals surface area (Å²) in [5, 5.41) is 26.0. The van der Waals surface area contributed by atoms with E-state index in [2.05, 4.69) is 10.3 Å². The molecule has 1 atom stereocenters. The summed E-state index contributed by atoms with van der Waals surface area (Å²) in [6, 6.07) is -0.108. The lowest BCUT2D eigenvalue weighted by Crippen LogP contribution is -2.16. The summed E-state index contributed by atoms with van der Waals surface area (Å²) >= 11 is 0. The fourth-order valence-corrected chi connectivity index (χ4v) is 0.856. The molecule has 0 aliphatic heterocycles. The van der Waals surface area contributed by atoms with Crippen LogP contribution in [0, 0.1) is 0 Å². The van der Waals surface area contributed by atoms with Crippen molar-refractivity contribution in [1.82, 2.24) is 15.0 Å². The zero-order valence-corrected chi connectivity index (χ0v) is 8.10. The predicted octanol–water partition coefficient (Wildman–Crippen LogP) is 0.0588. The molecule has 0 bridgehead atoms. The van der Waals surface area contributed by atoms with Crippen LogP contribution in [0.5, 0.6) is 0 Å². The molecule has 0 amide bonds. The average Bonchev–Trinajstić information content (AvgIpc) is 2.50. The monoisotopic (exact) mass is 185 g/mol. The van der Waals surface area contributed by atoms with E-state index in [0.29, 0.717) is 5.69 Å². The topological polar surface area (TPSA) is 71.2 Å². The minimum absolute atomic E-state index is 0.00859. The van der Waals surface area contributed by atoms with Crippen molar-refractivity contribution in [3.63, 3.8) is 0 Å². The van der Waals surface area contributed by atoms with E-state index in [1.807, 2.05) is 6.92 Å². The van der Waals surface area contributed by atoms with Gasteiger partial charge in [-0.1, -0.05) is 5.21 Å². The number of rotatable bonds is 3. The number of aliphatic hydroxyl groups is 2. The van der Waals surface area contributed by atoms with Gasteiger partial charge in [-0.25, -0.2) is 4.68 Å². The van der Waals surface area contributed by atoms with Crippen molar-refractivity contribution in [3.05, 3.63) is 11.9 Å². The van der Waals surface area contributed by atoms with Crippen LogP contribution in [0.25, 0.3) is 0 Å². The van der Waals surface area contributed by atoms with Crippen molar-refractivity contribution in [1.29, 1.82) is 0 Å². The molecule has 13 heavy (non-hydrogen) atoms. The summed E-state index contributed by atoms with van der Waals surface area (Å²) < 4.78 is 1.54. The fourth-order valence-electron chi connectivity index (χ4n) is 0.856. The van der Waals surface area contributed by atoms with Crippen LogP contribution in [0.15, 0.2) is 6.20 Å². The number of hydrogen-bond acceptors (Lipinski definition) is 4. The van der Waals surface area contributed by atoms with Gasteiger partial charge in [0.15, 0.2) is 0 Å². The highest BCUT2D eigenvalue weighted by Gasteiger charge is 2.20. The highest BCUT2D eigenvalue weighted by molar-refractivity contribution is 5.03.